The van der Waals surface area contributed by atoms with Crippen molar-refractivity contribution in [2.45, 2.75) is 18.9 Å². The van der Waals surface area contributed by atoms with E-state index in [0.29, 0.717) is 0 Å². The average molecular weight is 231 g/mol. The molecule has 0 saturated carbocycles. The van der Waals surface area contributed by atoms with Crippen LogP contribution in [-0.2, 0) is 4.74 Å². The fraction of sp³-hybridized carbons (Fsp3) is 0.333. The molecule has 0 radical (unpaired) electrons. The molecular formula is C12H13N3O2. The molecule has 0 aromatic carbocycles. The number of ether oxygens (including phenoxy) is 1. The number of aliphatic hydroxyl groups is 1. The average Bonchev–Trinajstić information content (AvgIpc) is 2.83. The Morgan fingerprint density at radius 2 is 2.35 bits per heavy atom. The summed E-state index contributed by atoms with van der Waals surface area (Å²) in [6, 6.07) is 0. The van der Waals surface area contributed by atoms with Crippen LogP contribution in [0.3, 0.4) is 0 Å². The second kappa shape index (κ2) is 4.18. The second-order valence-corrected chi connectivity index (χ2v) is 4.08. The van der Waals surface area contributed by atoms with Gasteiger partial charge in [0.05, 0.1) is 30.8 Å². The van der Waals surface area contributed by atoms with Crippen LogP contribution >= 0.6 is 0 Å². The Kier molecular flexibility index (Phi) is 2.53. The van der Waals surface area contributed by atoms with Gasteiger partial charge in [-0.3, -0.25) is 4.98 Å². The maximum Gasteiger partial charge on any atom is 0.107 e. The zero-order valence-electron chi connectivity index (χ0n) is 9.28. The highest BCUT2D eigenvalue weighted by Gasteiger charge is 2.19. The van der Waals surface area contributed by atoms with Crippen molar-refractivity contribution in [2.75, 3.05) is 6.61 Å². The Balaban J connectivity index is 2.00. The summed E-state index contributed by atoms with van der Waals surface area (Å²) in [5.74, 6) is 0. The lowest BCUT2D eigenvalue weighted by atomic mass is 9.99. The summed E-state index contributed by atoms with van der Waals surface area (Å²) in [5, 5.41) is 14.5. The molecule has 0 spiro atoms. The molecule has 0 fully saturated rings. The Labute approximate surface area is 98.4 Å². The van der Waals surface area contributed by atoms with Crippen molar-refractivity contribution < 1.29 is 9.84 Å². The van der Waals surface area contributed by atoms with Gasteiger partial charge >= 0.3 is 0 Å². The first-order valence-electron chi connectivity index (χ1n) is 5.62. The van der Waals surface area contributed by atoms with E-state index in [2.05, 4.69) is 10.1 Å². The van der Waals surface area contributed by atoms with Gasteiger partial charge in [-0.1, -0.05) is 0 Å². The minimum Gasteiger partial charge on any atom is -0.501 e. The third-order valence-electron chi connectivity index (χ3n) is 2.96. The van der Waals surface area contributed by atoms with E-state index in [0.717, 1.165) is 36.1 Å². The van der Waals surface area contributed by atoms with Crippen LogP contribution in [0.5, 0.6) is 0 Å². The summed E-state index contributed by atoms with van der Waals surface area (Å²) in [7, 11) is 0. The molecule has 2 aromatic heterocycles. The van der Waals surface area contributed by atoms with E-state index in [1.54, 1.807) is 35.6 Å². The Bertz CT molecular complexity index is 562. The lowest BCUT2D eigenvalue weighted by Crippen LogP contribution is -2.07. The van der Waals surface area contributed by atoms with E-state index in [4.69, 9.17) is 4.74 Å². The summed E-state index contributed by atoms with van der Waals surface area (Å²) in [6.07, 6.45) is 9.62. The molecule has 0 saturated heterocycles. The molecule has 1 aliphatic rings. The van der Waals surface area contributed by atoms with Crippen LogP contribution in [-0.4, -0.2) is 26.3 Å². The number of hydrogen-bond donors (Lipinski definition) is 1. The Morgan fingerprint density at radius 1 is 1.41 bits per heavy atom. The van der Waals surface area contributed by atoms with Crippen LogP contribution in [0, 0.1) is 0 Å². The van der Waals surface area contributed by atoms with Gasteiger partial charge in [-0.05, 0) is 18.4 Å². The second-order valence-electron chi connectivity index (χ2n) is 4.08. The normalized spacial score (nSPS) is 17.6. The fourth-order valence-corrected chi connectivity index (χ4v) is 2.05. The molecule has 2 aromatic rings. The van der Waals surface area contributed by atoms with Gasteiger partial charge in [0, 0.05) is 18.0 Å². The molecule has 0 amide bonds. The molecule has 3 heterocycles. The van der Waals surface area contributed by atoms with E-state index < -0.39 is 6.10 Å². The molecule has 1 aliphatic heterocycles. The predicted molar refractivity (Wildman–Crippen MR) is 61.2 cm³/mol. The summed E-state index contributed by atoms with van der Waals surface area (Å²) in [6.45, 7) is 0.729. The smallest absolute Gasteiger partial charge is 0.107 e. The summed E-state index contributed by atoms with van der Waals surface area (Å²) in [5.41, 5.74) is 2.50. The van der Waals surface area contributed by atoms with Crippen LogP contribution in [0.1, 0.15) is 24.5 Å². The third kappa shape index (κ3) is 1.78. The molecule has 0 aliphatic carbocycles. The van der Waals surface area contributed by atoms with Gasteiger partial charge in [0.2, 0.25) is 0 Å². The number of nitrogens with zero attached hydrogens (tertiary/aromatic N) is 3. The number of fused-ring (bicyclic) bond motifs is 1. The molecule has 17 heavy (non-hydrogen) atoms. The highest BCUT2D eigenvalue weighted by molar-refractivity contribution is 5.54. The zero-order valence-corrected chi connectivity index (χ0v) is 9.28. The van der Waals surface area contributed by atoms with Crippen molar-refractivity contribution >= 4 is 5.52 Å². The van der Waals surface area contributed by atoms with E-state index in [1.807, 2.05) is 0 Å². The summed E-state index contributed by atoms with van der Waals surface area (Å²) >= 11 is 0. The lowest BCUT2D eigenvalue weighted by molar-refractivity contribution is 0.171. The fourth-order valence-electron chi connectivity index (χ4n) is 2.05. The molecule has 88 valence electrons. The molecule has 1 N–H and O–H groups in total. The lowest BCUT2D eigenvalue weighted by Gasteiger charge is -2.18. The van der Waals surface area contributed by atoms with Crippen LogP contribution in [0.2, 0.25) is 0 Å². The van der Waals surface area contributed by atoms with Crippen molar-refractivity contribution in [1.82, 2.24) is 14.6 Å². The number of aliphatic hydroxyl groups excluding tert-OH is 1. The SMILES string of the molecule is OC(C1=COCCC1)c1cnn2ccncc12. The Morgan fingerprint density at radius 3 is 3.18 bits per heavy atom. The van der Waals surface area contributed by atoms with E-state index >= 15 is 0 Å². The van der Waals surface area contributed by atoms with Crippen LogP contribution < -0.4 is 0 Å². The highest BCUT2D eigenvalue weighted by atomic mass is 16.5. The third-order valence-corrected chi connectivity index (χ3v) is 2.96. The molecule has 1 atom stereocenters. The van der Waals surface area contributed by atoms with Gasteiger partial charge in [-0.2, -0.15) is 5.10 Å². The van der Waals surface area contributed by atoms with Gasteiger partial charge in [0.1, 0.15) is 6.10 Å². The number of hydrogen-bond acceptors (Lipinski definition) is 4. The van der Waals surface area contributed by atoms with Gasteiger partial charge in [-0.25, -0.2) is 4.52 Å². The maximum atomic E-state index is 10.3. The van der Waals surface area contributed by atoms with Crippen molar-refractivity contribution in [3.63, 3.8) is 0 Å². The number of rotatable bonds is 2. The molecule has 0 bridgehead atoms. The maximum absolute atomic E-state index is 10.3. The topological polar surface area (TPSA) is 59.7 Å². The summed E-state index contributed by atoms with van der Waals surface area (Å²) in [4.78, 5) is 4.05. The van der Waals surface area contributed by atoms with Crippen LogP contribution in [0.4, 0.5) is 0 Å². The van der Waals surface area contributed by atoms with E-state index in [1.165, 1.54) is 0 Å². The molecule has 5 heteroatoms. The quantitative estimate of drug-likeness (QED) is 0.850. The monoisotopic (exact) mass is 231 g/mol. The first-order chi connectivity index (χ1) is 8.36. The molecule has 1 unspecified atom stereocenters. The predicted octanol–water partition coefficient (Wildman–Crippen LogP) is 1.46. The van der Waals surface area contributed by atoms with Crippen LogP contribution in [0.15, 0.2) is 36.6 Å². The first kappa shape index (κ1) is 10.3. The van der Waals surface area contributed by atoms with Crippen molar-refractivity contribution in [1.29, 1.82) is 0 Å². The largest absolute Gasteiger partial charge is 0.501 e. The molecule has 5 nitrogen and oxygen atoms in total. The standard InChI is InChI=1S/C12H13N3O2/c16-12(9-2-1-5-17-8-9)10-6-14-15-4-3-13-7-11(10)15/h3-4,6-8,12,16H,1-2,5H2. The van der Waals surface area contributed by atoms with Crippen molar-refractivity contribution in [3.8, 4) is 0 Å². The molecular weight excluding hydrogens is 218 g/mol. The van der Waals surface area contributed by atoms with E-state index in [9.17, 15) is 5.11 Å². The highest BCUT2D eigenvalue weighted by Crippen LogP contribution is 2.29. The van der Waals surface area contributed by atoms with Gasteiger partial charge in [0.15, 0.2) is 0 Å². The van der Waals surface area contributed by atoms with E-state index in [-0.39, 0.29) is 0 Å². The zero-order chi connectivity index (χ0) is 11.7. The summed E-state index contributed by atoms with van der Waals surface area (Å²) < 4.78 is 6.95. The number of aromatic nitrogens is 3. The van der Waals surface area contributed by atoms with Crippen LogP contribution in [0.25, 0.3) is 5.52 Å². The first-order valence-corrected chi connectivity index (χ1v) is 5.62. The van der Waals surface area contributed by atoms with Gasteiger partial charge in [0.25, 0.3) is 0 Å². The minimum atomic E-state index is -0.656. The van der Waals surface area contributed by atoms with Crippen molar-refractivity contribution in [3.05, 3.63) is 42.2 Å². The Hall–Kier alpha value is -1.88. The van der Waals surface area contributed by atoms with Gasteiger partial charge < -0.3 is 9.84 Å². The minimum absolute atomic E-state index is 0.656. The molecule has 3 rings (SSSR count). The van der Waals surface area contributed by atoms with Crippen molar-refractivity contribution in [2.24, 2.45) is 0 Å². The van der Waals surface area contributed by atoms with Gasteiger partial charge in [-0.15, -0.1) is 0 Å².